The highest BCUT2D eigenvalue weighted by molar-refractivity contribution is 5.84. The van der Waals surface area contributed by atoms with E-state index in [-0.39, 0.29) is 5.75 Å². The summed E-state index contributed by atoms with van der Waals surface area (Å²) in [5.41, 5.74) is 2.93. The van der Waals surface area contributed by atoms with Gasteiger partial charge in [0, 0.05) is 24.5 Å². The second-order valence-corrected chi connectivity index (χ2v) is 6.87. The molecule has 1 saturated carbocycles. The number of nitrogens with zero attached hydrogens (tertiary/aromatic N) is 2. The Morgan fingerprint density at radius 3 is 2.73 bits per heavy atom. The number of ether oxygens (including phenoxy) is 1. The Balaban J connectivity index is 1.54. The number of hydrogen-bond acceptors (Lipinski definition) is 4. The van der Waals surface area contributed by atoms with Gasteiger partial charge < -0.3 is 9.84 Å². The summed E-state index contributed by atoms with van der Waals surface area (Å²) in [5, 5.41) is 11.0. The number of aromatic nitrogens is 1. The first kappa shape index (κ1) is 16.9. The van der Waals surface area contributed by atoms with Crippen LogP contribution in [0.25, 0.3) is 10.9 Å². The van der Waals surface area contributed by atoms with Gasteiger partial charge in [0.25, 0.3) is 0 Å². The summed E-state index contributed by atoms with van der Waals surface area (Å²) in [5.74, 6) is 1.17. The van der Waals surface area contributed by atoms with Crippen molar-refractivity contribution in [2.24, 2.45) is 0 Å². The summed E-state index contributed by atoms with van der Waals surface area (Å²) in [4.78, 5) is 7.17. The van der Waals surface area contributed by atoms with E-state index in [1.165, 1.54) is 18.4 Å². The molecule has 0 atom stereocenters. The molecule has 0 saturated heterocycles. The van der Waals surface area contributed by atoms with Gasteiger partial charge in [0.1, 0.15) is 17.0 Å². The van der Waals surface area contributed by atoms with Crippen LogP contribution in [0.5, 0.6) is 11.5 Å². The lowest BCUT2D eigenvalue weighted by Gasteiger charge is -2.22. The van der Waals surface area contributed by atoms with E-state index in [1.807, 2.05) is 31.2 Å². The maximum atomic E-state index is 10.1. The third-order valence-electron chi connectivity index (χ3n) is 4.78. The largest absolute Gasteiger partial charge is 0.506 e. The molecular weight excluding hydrogens is 324 g/mol. The van der Waals surface area contributed by atoms with Crippen molar-refractivity contribution in [1.82, 2.24) is 9.88 Å². The predicted octanol–water partition coefficient (Wildman–Crippen LogP) is 4.50. The fourth-order valence-electron chi connectivity index (χ4n) is 3.36. The van der Waals surface area contributed by atoms with E-state index in [9.17, 15) is 5.11 Å². The molecule has 2 aromatic carbocycles. The molecule has 4 heteroatoms. The van der Waals surface area contributed by atoms with Crippen LogP contribution in [0.4, 0.5) is 0 Å². The smallest absolute Gasteiger partial charge is 0.141 e. The molecule has 0 amide bonds. The van der Waals surface area contributed by atoms with Crippen molar-refractivity contribution >= 4 is 10.9 Å². The Kier molecular flexibility index (Phi) is 4.76. The van der Waals surface area contributed by atoms with Crippen molar-refractivity contribution in [3.63, 3.8) is 0 Å². The van der Waals surface area contributed by atoms with Gasteiger partial charge >= 0.3 is 0 Å². The Morgan fingerprint density at radius 2 is 1.92 bits per heavy atom. The van der Waals surface area contributed by atoms with Crippen LogP contribution in [0.2, 0.25) is 0 Å². The number of hydrogen-bond donors (Lipinski definition) is 1. The molecule has 4 nitrogen and oxygen atoms in total. The molecule has 1 aliphatic carbocycles. The van der Waals surface area contributed by atoms with Crippen LogP contribution in [0.1, 0.15) is 31.0 Å². The minimum Gasteiger partial charge on any atom is -0.506 e. The Bertz CT molecular complexity index is 906. The average molecular weight is 348 g/mol. The molecule has 0 radical (unpaired) electrons. The average Bonchev–Trinajstić information content (AvgIpc) is 3.48. The van der Waals surface area contributed by atoms with E-state index < -0.39 is 0 Å². The molecule has 1 aromatic heterocycles. The van der Waals surface area contributed by atoms with Crippen LogP contribution in [0.15, 0.2) is 54.6 Å². The van der Waals surface area contributed by atoms with Gasteiger partial charge in [-0.05, 0) is 49.6 Å². The molecule has 3 aromatic rings. The minimum atomic E-state index is 0.242. The number of phenols is 1. The van der Waals surface area contributed by atoms with Gasteiger partial charge in [-0.3, -0.25) is 4.90 Å². The van der Waals surface area contributed by atoms with Gasteiger partial charge in [0.15, 0.2) is 0 Å². The number of aromatic hydroxyl groups is 1. The lowest BCUT2D eigenvalue weighted by molar-refractivity contribution is 0.242. The Hall–Kier alpha value is -2.59. The zero-order valence-corrected chi connectivity index (χ0v) is 15.1. The first-order valence-electron chi connectivity index (χ1n) is 9.26. The highest BCUT2D eigenvalue weighted by Crippen LogP contribution is 2.31. The van der Waals surface area contributed by atoms with Crippen molar-refractivity contribution in [2.75, 3.05) is 6.61 Å². The zero-order valence-electron chi connectivity index (χ0n) is 15.1. The van der Waals surface area contributed by atoms with Crippen LogP contribution in [0, 0.1) is 0 Å². The van der Waals surface area contributed by atoms with E-state index in [4.69, 9.17) is 9.72 Å². The number of pyridine rings is 1. The van der Waals surface area contributed by atoms with Crippen molar-refractivity contribution in [2.45, 2.75) is 38.9 Å². The van der Waals surface area contributed by atoms with Gasteiger partial charge in [-0.25, -0.2) is 4.98 Å². The Labute approximate surface area is 154 Å². The van der Waals surface area contributed by atoms with E-state index in [1.54, 1.807) is 6.07 Å². The fourth-order valence-corrected chi connectivity index (χ4v) is 3.36. The number of rotatable bonds is 7. The lowest BCUT2D eigenvalue weighted by Crippen LogP contribution is -2.25. The van der Waals surface area contributed by atoms with Crippen molar-refractivity contribution in [3.05, 3.63) is 65.9 Å². The molecule has 26 heavy (non-hydrogen) atoms. The summed E-state index contributed by atoms with van der Waals surface area (Å²) in [6.45, 7) is 4.35. The second kappa shape index (κ2) is 7.34. The van der Waals surface area contributed by atoms with E-state index in [0.29, 0.717) is 18.2 Å². The van der Waals surface area contributed by atoms with Gasteiger partial charge in [-0.1, -0.05) is 30.3 Å². The Morgan fingerprint density at radius 1 is 1.08 bits per heavy atom. The van der Waals surface area contributed by atoms with Crippen LogP contribution in [-0.4, -0.2) is 27.6 Å². The highest BCUT2D eigenvalue weighted by atomic mass is 16.5. The zero-order chi connectivity index (χ0) is 17.9. The van der Waals surface area contributed by atoms with Gasteiger partial charge in [0.05, 0.1) is 12.3 Å². The fraction of sp³-hybridized carbons (Fsp3) is 0.318. The lowest BCUT2D eigenvalue weighted by atomic mass is 10.1. The molecular formula is C22H24N2O2. The molecule has 0 spiro atoms. The molecule has 0 aliphatic heterocycles. The quantitative estimate of drug-likeness (QED) is 0.683. The van der Waals surface area contributed by atoms with Crippen molar-refractivity contribution < 1.29 is 9.84 Å². The normalized spacial score (nSPS) is 14.1. The topological polar surface area (TPSA) is 45.6 Å². The molecule has 1 heterocycles. The maximum absolute atomic E-state index is 10.1. The van der Waals surface area contributed by atoms with Gasteiger partial charge in [0.2, 0.25) is 0 Å². The predicted molar refractivity (Wildman–Crippen MR) is 103 cm³/mol. The van der Waals surface area contributed by atoms with Crippen molar-refractivity contribution in [1.29, 1.82) is 0 Å². The molecule has 1 N–H and O–H groups in total. The maximum Gasteiger partial charge on any atom is 0.141 e. The molecule has 1 aliphatic rings. The summed E-state index contributed by atoms with van der Waals surface area (Å²) in [6.07, 6.45) is 2.48. The number of fused-ring (bicyclic) bond motifs is 1. The summed E-state index contributed by atoms with van der Waals surface area (Å²) >= 11 is 0. The third kappa shape index (κ3) is 3.81. The number of phenolic OH excluding ortho intramolecular Hbond substituents is 1. The first-order chi connectivity index (χ1) is 12.7. The molecule has 134 valence electrons. The second-order valence-electron chi connectivity index (χ2n) is 6.87. The summed E-state index contributed by atoms with van der Waals surface area (Å²) < 4.78 is 5.63. The van der Waals surface area contributed by atoms with E-state index in [0.717, 1.165) is 29.9 Å². The standard InChI is InChI=1S/C22H24N2O2/c1-2-26-20-7-3-5-16(13-20)14-24(19-11-12-19)15-18-10-9-17-6-4-8-21(25)22(17)23-18/h3-10,13,19,25H,2,11-12,14-15H2,1H3. The van der Waals surface area contributed by atoms with Crippen LogP contribution in [0.3, 0.4) is 0 Å². The molecule has 0 bridgehead atoms. The van der Waals surface area contributed by atoms with Gasteiger partial charge in [-0.15, -0.1) is 0 Å². The SMILES string of the molecule is CCOc1cccc(CN(Cc2ccc3cccc(O)c3n2)C2CC2)c1. The van der Waals surface area contributed by atoms with Gasteiger partial charge in [-0.2, -0.15) is 0 Å². The molecule has 4 rings (SSSR count). The van der Waals surface area contributed by atoms with Crippen LogP contribution >= 0.6 is 0 Å². The highest BCUT2D eigenvalue weighted by Gasteiger charge is 2.29. The molecule has 1 fully saturated rings. The third-order valence-corrected chi connectivity index (χ3v) is 4.78. The van der Waals surface area contributed by atoms with E-state index >= 15 is 0 Å². The van der Waals surface area contributed by atoms with Crippen LogP contribution < -0.4 is 4.74 Å². The summed E-state index contributed by atoms with van der Waals surface area (Å²) in [6, 6.07) is 18.6. The number of benzene rings is 2. The van der Waals surface area contributed by atoms with Crippen molar-refractivity contribution in [3.8, 4) is 11.5 Å². The summed E-state index contributed by atoms with van der Waals surface area (Å²) in [7, 11) is 0. The molecule has 0 unspecified atom stereocenters. The monoisotopic (exact) mass is 348 g/mol. The van der Waals surface area contributed by atoms with E-state index in [2.05, 4.69) is 29.2 Å². The minimum absolute atomic E-state index is 0.242. The first-order valence-corrected chi connectivity index (χ1v) is 9.26. The number of para-hydroxylation sites is 1. The van der Waals surface area contributed by atoms with Crippen LogP contribution in [-0.2, 0) is 13.1 Å².